The first kappa shape index (κ1) is 17.7. The van der Waals surface area contributed by atoms with Crippen molar-refractivity contribution in [3.8, 4) is 0 Å². The van der Waals surface area contributed by atoms with Crippen LogP contribution in [0.4, 0.5) is 9.18 Å². The molecule has 0 bridgehead atoms. The Morgan fingerprint density at radius 1 is 1.04 bits per heavy atom. The Labute approximate surface area is 148 Å². The van der Waals surface area contributed by atoms with Gasteiger partial charge in [0.1, 0.15) is 5.82 Å². The van der Waals surface area contributed by atoms with Gasteiger partial charge in [0.2, 0.25) is 5.91 Å². The lowest BCUT2D eigenvalue weighted by Crippen LogP contribution is -2.50. The zero-order valence-electron chi connectivity index (χ0n) is 14.5. The summed E-state index contributed by atoms with van der Waals surface area (Å²) in [5.41, 5.74) is 0.573. The number of urea groups is 1. The fourth-order valence-electron chi connectivity index (χ4n) is 3.57. The molecule has 5 nitrogen and oxygen atoms in total. The monoisotopic (exact) mass is 347 g/mol. The lowest BCUT2D eigenvalue weighted by atomic mass is 10.0. The second-order valence-corrected chi connectivity index (χ2v) is 6.90. The van der Waals surface area contributed by atoms with Crippen molar-refractivity contribution in [1.82, 2.24) is 15.1 Å². The van der Waals surface area contributed by atoms with Gasteiger partial charge in [-0.1, -0.05) is 18.2 Å². The summed E-state index contributed by atoms with van der Waals surface area (Å²) in [5.74, 6) is -0.309. The first-order chi connectivity index (χ1) is 12.1. The van der Waals surface area contributed by atoms with Crippen LogP contribution in [0.5, 0.6) is 0 Å². The second-order valence-electron chi connectivity index (χ2n) is 6.90. The van der Waals surface area contributed by atoms with Crippen LogP contribution >= 0.6 is 0 Å². The van der Waals surface area contributed by atoms with E-state index in [4.69, 9.17) is 0 Å². The predicted octanol–water partition coefficient (Wildman–Crippen LogP) is 2.55. The number of nitrogens with zero attached hydrogens (tertiary/aromatic N) is 2. The number of halogens is 1. The number of hydrogen-bond donors (Lipinski definition) is 1. The molecule has 0 atom stereocenters. The number of carbonyl (C=O) groups excluding carboxylic acids is 2. The first-order valence-electron chi connectivity index (χ1n) is 9.20. The zero-order valence-corrected chi connectivity index (χ0v) is 14.5. The molecule has 1 aromatic carbocycles. The van der Waals surface area contributed by atoms with Gasteiger partial charge in [0.05, 0.1) is 0 Å². The Bertz CT molecular complexity index is 608. The largest absolute Gasteiger partial charge is 0.353 e. The molecule has 3 rings (SSSR count). The minimum atomic E-state index is -0.260. The van der Waals surface area contributed by atoms with Crippen LogP contribution in [0, 0.1) is 5.82 Å². The summed E-state index contributed by atoms with van der Waals surface area (Å²) in [5, 5.41) is 3.02. The number of carbonyl (C=O) groups is 2. The van der Waals surface area contributed by atoms with Crippen molar-refractivity contribution in [2.24, 2.45) is 0 Å². The summed E-state index contributed by atoms with van der Waals surface area (Å²) in [6.45, 7) is 3.11. The molecule has 0 spiro atoms. The van der Waals surface area contributed by atoms with Gasteiger partial charge in [-0.15, -0.1) is 0 Å². The molecular weight excluding hydrogens is 321 g/mol. The van der Waals surface area contributed by atoms with Gasteiger partial charge in [0.15, 0.2) is 0 Å². The molecule has 136 valence electrons. The van der Waals surface area contributed by atoms with E-state index in [1.807, 2.05) is 9.80 Å². The number of likely N-dealkylation sites (tertiary alicyclic amines) is 2. The fourth-order valence-corrected chi connectivity index (χ4v) is 3.57. The molecule has 2 aliphatic rings. The third-order valence-corrected chi connectivity index (χ3v) is 5.09. The van der Waals surface area contributed by atoms with Crippen LogP contribution in [0.1, 0.15) is 37.7 Å². The number of aryl methyl sites for hydroxylation is 1. The van der Waals surface area contributed by atoms with Crippen LogP contribution < -0.4 is 5.32 Å². The van der Waals surface area contributed by atoms with Gasteiger partial charge in [-0.2, -0.15) is 0 Å². The topological polar surface area (TPSA) is 52.7 Å². The molecule has 0 saturated carbocycles. The van der Waals surface area contributed by atoms with Crippen molar-refractivity contribution in [3.05, 3.63) is 35.6 Å². The fraction of sp³-hybridized carbons (Fsp3) is 0.579. The first-order valence-corrected chi connectivity index (χ1v) is 9.20. The maximum atomic E-state index is 13.6. The van der Waals surface area contributed by atoms with Gasteiger partial charge in [0.25, 0.3) is 0 Å². The van der Waals surface area contributed by atoms with Crippen LogP contribution in [0.15, 0.2) is 24.3 Å². The van der Waals surface area contributed by atoms with Crippen molar-refractivity contribution in [2.45, 2.75) is 44.6 Å². The normalized spacial score (nSPS) is 18.4. The van der Waals surface area contributed by atoms with Gasteiger partial charge < -0.3 is 15.1 Å². The molecule has 0 aromatic heterocycles. The van der Waals surface area contributed by atoms with Gasteiger partial charge in [-0.25, -0.2) is 9.18 Å². The van der Waals surface area contributed by atoms with Crippen molar-refractivity contribution in [1.29, 1.82) is 0 Å². The highest BCUT2D eigenvalue weighted by Gasteiger charge is 2.28. The number of benzene rings is 1. The summed E-state index contributed by atoms with van der Waals surface area (Å²) >= 11 is 0. The lowest BCUT2D eigenvalue weighted by Gasteiger charge is -2.34. The van der Waals surface area contributed by atoms with Crippen LogP contribution in [-0.4, -0.2) is 54.0 Å². The highest BCUT2D eigenvalue weighted by molar-refractivity contribution is 5.77. The number of nitrogens with one attached hydrogen (secondary N) is 1. The third-order valence-electron chi connectivity index (χ3n) is 5.09. The molecule has 2 saturated heterocycles. The van der Waals surface area contributed by atoms with Gasteiger partial charge >= 0.3 is 6.03 Å². The van der Waals surface area contributed by atoms with Crippen molar-refractivity contribution in [2.75, 3.05) is 26.2 Å². The average Bonchev–Trinajstić information content (AvgIpc) is 3.16. The summed E-state index contributed by atoms with van der Waals surface area (Å²) in [6, 6.07) is 6.81. The molecule has 25 heavy (non-hydrogen) atoms. The highest BCUT2D eigenvalue weighted by Crippen LogP contribution is 2.16. The zero-order chi connectivity index (χ0) is 17.6. The molecular formula is C19H26FN3O2. The standard InChI is InChI=1S/C19H26FN3O2/c20-17-6-2-1-5-15(17)7-8-18(24)21-16-9-13-23(14-10-16)19(25)22-11-3-4-12-22/h1-2,5-6,16H,3-4,7-14H2,(H,21,24). The number of piperidine rings is 1. The van der Waals surface area contributed by atoms with Crippen molar-refractivity contribution in [3.63, 3.8) is 0 Å². The molecule has 0 unspecified atom stereocenters. The van der Waals surface area contributed by atoms with E-state index in [1.165, 1.54) is 6.07 Å². The Hall–Kier alpha value is -2.11. The molecule has 0 aliphatic carbocycles. The summed E-state index contributed by atoms with van der Waals surface area (Å²) in [4.78, 5) is 28.3. The van der Waals surface area contributed by atoms with E-state index in [9.17, 15) is 14.0 Å². The Kier molecular flexibility index (Phi) is 5.89. The minimum absolute atomic E-state index is 0.0485. The average molecular weight is 347 g/mol. The van der Waals surface area contributed by atoms with E-state index < -0.39 is 0 Å². The third kappa shape index (κ3) is 4.71. The predicted molar refractivity (Wildman–Crippen MR) is 93.7 cm³/mol. The molecule has 3 amide bonds. The van der Waals surface area contributed by atoms with E-state index in [2.05, 4.69) is 5.32 Å². The van der Waals surface area contributed by atoms with E-state index >= 15 is 0 Å². The second kappa shape index (κ2) is 8.32. The SMILES string of the molecule is O=C(CCc1ccccc1F)NC1CCN(C(=O)N2CCCC2)CC1. The van der Waals surface area contributed by atoms with E-state index in [0.717, 1.165) is 38.8 Å². The van der Waals surface area contributed by atoms with Gasteiger partial charge in [-0.05, 0) is 43.7 Å². The van der Waals surface area contributed by atoms with Crippen LogP contribution in [0.3, 0.4) is 0 Å². The Balaban J connectivity index is 1.39. The smallest absolute Gasteiger partial charge is 0.319 e. The summed E-state index contributed by atoms with van der Waals surface area (Å²) < 4.78 is 13.6. The molecule has 2 fully saturated rings. The number of rotatable bonds is 4. The maximum absolute atomic E-state index is 13.6. The quantitative estimate of drug-likeness (QED) is 0.910. The molecule has 2 aliphatic heterocycles. The van der Waals surface area contributed by atoms with E-state index in [-0.39, 0.29) is 30.2 Å². The van der Waals surface area contributed by atoms with Gasteiger partial charge in [-0.3, -0.25) is 4.79 Å². The van der Waals surface area contributed by atoms with Crippen LogP contribution in [0.2, 0.25) is 0 Å². The van der Waals surface area contributed by atoms with Crippen molar-refractivity contribution < 1.29 is 14.0 Å². The Morgan fingerprint density at radius 3 is 2.36 bits per heavy atom. The summed E-state index contributed by atoms with van der Waals surface area (Å²) in [6.07, 6.45) is 4.45. The van der Waals surface area contributed by atoms with E-state index in [0.29, 0.717) is 25.1 Å². The van der Waals surface area contributed by atoms with Crippen molar-refractivity contribution >= 4 is 11.9 Å². The molecule has 1 aromatic rings. The maximum Gasteiger partial charge on any atom is 0.319 e. The molecule has 6 heteroatoms. The minimum Gasteiger partial charge on any atom is -0.353 e. The Morgan fingerprint density at radius 2 is 1.68 bits per heavy atom. The molecule has 2 heterocycles. The number of hydrogen-bond acceptors (Lipinski definition) is 2. The van der Waals surface area contributed by atoms with Gasteiger partial charge in [0, 0.05) is 38.6 Å². The highest BCUT2D eigenvalue weighted by atomic mass is 19.1. The molecule has 0 radical (unpaired) electrons. The van der Waals surface area contributed by atoms with E-state index in [1.54, 1.807) is 18.2 Å². The van der Waals surface area contributed by atoms with Crippen LogP contribution in [-0.2, 0) is 11.2 Å². The lowest BCUT2D eigenvalue weighted by molar-refractivity contribution is -0.122. The van der Waals surface area contributed by atoms with Crippen LogP contribution in [0.25, 0.3) is 0 Å². The number of amides is 3. The summed E-state index contributed by atoms with van der Waals surface area (Å²) in [7, 11) is 0. The molecule has 1 N–H and O–H groups in total.